The number of aromatic amines is 1. The van der Waals surface area contributed by atoms with Crippen molar-refractivity contribution in [3.63, 3.8) is 0 Å². The first-order chi connectivity index (χ1) is 9.81. The van der Waals surface area contributed by atoms with Crippen molar-refractivity contribution in [2.75, 3.05) is 0 Å². The van der Waals surface area contributed by atoms with Crippen LogP contribution in [0.4, 0.5) is 5.69 Å². The molecule has 0 aliphatic heterocycles. The third kappa shape index (κ3) is 3.26. The molecule has 0 atom stereocenters. The van der Waals surface area contributed by atoms with Gasteiger partial charge in [0, 0.05) is 24.5 Å². The van der Waals surface area contributed by atoms with Crippen molar-refractivity contribution < 1.29 is 13.3 Å². The predicted molar refractivity (Wildman–Crippen MR) is 75.2 cm³/mol. The number of aromatic nitrogens is 2. The molecule has 0 radical (unpaired) electrons. The van der Waals surface area contributed by atoms with Gasteiger partial charge in [-0.2, -0.15) is 0 Å². The van der Waals surface area contributed by atoms with Crippen LogP contribution in [0.1, 0.15) is 17.0 Å². The van der Waals surface area contributed by atoms with Crippen LogP contribution in [0, 0.1) is 24.0 Å². The molecule has 0 saturated carbocycles. The Morgan fingerprint density at radius 2 is 2.10 bits per heavy atom. The molecule has 2 aromatic rings. The highest BCUT2D eigenvalue weighted by Crippen LogP contribution is 2.25. The zero-order valence-corrected chi connectivity index (χ0v) is 12.3. The summed E-state index contributed by atoms with van der Waals surface area (Å²) in [6.45, 7) is 3.23. The topological polar surface area (TPSA) is 118 Å². The van der Waals surface area contributed by atoms with E-state index in [-0.39, 0.29) is 17.1 Å². The number of benzene rings is 1. The van der Waals surface area contributed by atoms with Crippen molar-refractivity contribution in [3.8, 4) is 0 Å². The number of H-pyrrole nitrogens is 1. The van der Waals surface area contributed by atoms with Gasteiger partial charge in [-0.1, -0.05) is 0 Å². The number of nitro groups is 1. The van der Waals surface area contributed by atoms with E-state index in [2.05, 4.69) is 14.7 Å². The van der Waals surface area contributed by atoms with Crippen molar-refractivity contribution in [2.24, 2.45) is 0 Å². The van der Waals surface area contributed by atoms with Gasteiger partial charge < -0.3 is 4.98 Å². The van der Waals surface area contributed by atoms with Crippen LogP contribution in [0.5, 0.6) is 0 Å². The summed E-state index contributed by atoms with van der Waals surface area (Å²) in [4.78, 5) is 16.8. The van der Waals surface area contributed by atoms with E-state index in [0.717, 1.165) is 6.07 Å². The first kappa shape index (κ1) is 15.1. The molecule has 1 heterocycles. The molecule has 0 spiro atoms. The van der Waals surface area contributed by atoms with Crippen molar-refractivity contribution in [2.45, 2.75) is 25.3 Å². The van der Waals surface area contributed by atoms with Crippen molar-refractivity contribution in [1.29, 1.82) is 0 Å². The molecule has 9 heteroatoms. The maximum atomic E-state index is 12.3. The highest BCUT2D eigenvalue weighted by atomic mass is 32.2. The maximum absolute atomic E-state index is 12.3. The molecule has 21 heavy (non-hydrogen) atoms. The Morgan fingerprint density at radius 1 is 1.38 bits per heavy atom. The summed E-state index contributed by atoms with van der Waals surface area (Å²) < 4.78 is 27.0. The Labute approximate surface area is 121 Å². The first-order valence-electron chi connectivity index (χ1n) is 6.05. The van der Waals surface area contributed by atoms with Crippen LogP contribution in [0.2, 0.25) is 0 Å². The molecule has 0 aliphatic rings. The van der Waals surface area contributed by atoms with Crippen molar-refractivity contribution >= 4 is 15.7 Å². The van der Waals surface area contributed by atoms with E-state index in [1.807, 2.05) is 0 Å². The van der Waals surface area contributed by atoms with E-state index in [9.17, 15) is 18.5 Å². The summed E-state index contributed by atoms with van der Waals surface area (Å²) >= 11 is 0. The molecular weight excluding hydrogens is 296 g/mol. The number of hydrogen-bond acceptors (Lipinski definition) is 5. The Bertz CT molecular complexity index is 769. The number of sulfonamides is 1. The van der Waals surface area contributed by atoms with Gasteiger partial charge in [-0.05, 0) is 25.0 Å². The van der Waals surface area contributed by atoms with Crippen LogP contribution in [0.15, 0.2) is 29.4 Å². The zero-order valence-electron chi connectivity index (χ0n) is 11.5. The fourth-order valence-electron chi connectivity index (χ4n) is 1.83. The Hall–Kier alpha value is -2.26. The summed E-state index contributed by atoms with van der Waals surface area (Å²) in [5.74, 6) is 0.457. The van der Waals surface area contributed by atoms with Gasteiger partial charge in [-0.15, -0.1) is 0 Å². The molecular formula is C12H14N4O4S. The van der Waals surface area contributed by atoms with Crippen LogP contribution in [0.25, 0.3) is 0 Å². The van der Waals surface area contributed by atoms with Crippen LogP contribution in [-0.2, 0) is 16.6 Å². The second-order valence-electron chi connectivity index (χ2n) is 4.50. The van der Waals surface area contributed by atoms with Crippen LogP contribution < -0.4 is 4.72 Å². The van der Waals surface area contributed by atoms with Gasteiger partial charge in [-0.25, -0.2) is 18.1 Å². The van der Waals surface area contributed by atoms with E-state index in [0.29, 0.717) is 17.0 Å². The molecule has 1 aromatic heterocycles. The third-order valence-electron chi connectivity index (χ3n) is 3.09. The quantitative estimate of drug-likeness (QED) is 0.639. The SMILES string of the molecule is Cc1cc([N+](=O)[O-])cc(S(=O)(=O)NCc2ncc[nH]2)c1C. The van der Waals surface area contributed by atoms with Gasteiger partial charge in [0.1, 0.15) is 5.82 Å². The Morgan fingerprint density at radius 3 is 2.67 bits per heavy atom. The zero-order chi connectivity index (χ0) is 15.6. The minimum atomic E-state index is -3.86. The van der Waals surface area contributed by atoms with Gasteiger partial charge in [0.15, 0.2) is 0 Å². The minimum absolute atomic E-state index is 0.0173. The molecule has 0 unspecified atom stereocenters. The lowest BCUT2D eigenvalue weighted by Crippen LogP contribution is -2.25. The lowest BCUT2D eigenvalue weighted by atomic mass is 10.1. The first-order valence-corrected chi connectivity index (χ1v) is 7.53. The van der Waals surface area contributed by atoms with Gasteiger partial charge in [0.2, 0.25) is 10.0 Å². The maximum Gasteiger partial charge on any atom is 0.271 e. The molecule has 0 bridgehead atoms. The molecule has 112 valence electrons. The normalized spacial score (nSPS) is 11.5. The molecule has 0 amide bonds. The lowest BCUT2D eigenvalue weighted by molar-refractivity contribution is -0.385. The minimum Gasteiger partial charge on any atom is -0.347 e. The van der Waals surface area contributed by atoms with E-state index < -0.39 is 14.9 Å². The summed E-state index contributed by atoms with van der Waals surface area (Å²) in [6.07, 6.45) is 3.08. The molecule has 8 nitrogen and oxygen atoms in total. The van der Waals surface area contributed by atoms with Crippen LogP contribution >= 0.6 is 0 Å². The van der Waals surface area contributed by atoms with Crippen molar-refractivity contribution in [1.82, 2.24) is 14.7 Å². The summed E-state index contributed by atoms with van der Waals surface area (Å²) in [5, 5.41) is 10.9. The van der Waals surface area contributed by atoms with E-state index in [1.54, 1.807) is 20.0 Å². The van der Waals surface area contributed by atoms with Crippen LogP contribution in [-0.4, -0.2) is 23.3 Å². The average molecular weight is 310 g/mol. The summed E-state index contributed by atoms with van der Waals surface area (Å²) in [6, 6.07) is 2.41. The lowest BCUT2D eigenvalue weighted by Gasteiger charge is -2.10. The second kappa shape index (κ2) is 5.62. The molecule has 0 fully saturated rings. The standard InChI is InChI=1S/C12H14N4O4S/c1-8-5-10(16(17)18)6-11(9(8)2)21(19,20)15-7-12-13-3-4-14-12/h3-6,15H,7H2,1-2H3,(H,13,14). The number of nitro benzene ring substituents is 1. The fourth-order valence-corrected chi connectivity index (χ4v) is 3.15. The number of non-ortho nitro benzene ring substituents is 1. The predicted octanol–water partition coefficient (Wildman–Crippen LogP) is 1.41. The van der Waals surface area contributed by atoms with E-state index >= 15 is 0 Å². The Kier molecular flexibility index (Phi) is 4.05. The monoisotopic (exact) mass is 310 g/mol. The third-order valence-corrected chi connectivity index (χ3v) is 4.62. The van der Waals surface area contributed by atoms with Gasteiger partial charge in [0.05, 0.1) is 16.4 Å². The molecule has 2 rings (SSSR count). The number of rotatable bonds is 5. The second-order valence-corrected chi connectivity index (χ2v) is 6.24. The van der Waals surface area contributed by atoms with E-state index in [4.69, 9.17) is 0 Å². The number of nitrogens with zero attached hydrogens (tertiary/aromatic N) is 2. The van der Waals surface area contributed by atoms with E-state index in [1.165, 1.54) is 12.3 Å². The molecule has 2 N–H and O–H groups in total. The smallest absolute Gasteiger partial charge is 0.271 e. The highest BCUT2D eigenvalue weighted by molar-refractivity contribution is 7.89. The van der Waals surface area contributed by atoms with Gasteiger partial charge in [0.25, 0.3) is 5.69 Å². The highest BCUT2D eigenvalue weighted by Gasteiger charge is 2.22. The number of hydrogen-bond donors (Lipinski definition) is 2. The summed E-state index contributed by atoms with van der Waals surface area (Å²) in [5.41, 5.74) is 0.770. The fraction of sp³-hybridized carbons (Fsp3) is 0.250. The Balaban J connectivity index is 2.37. The number of nitrogens with one attached hydrogen (secondary N) is 2. The largest absolute Gasteiger partial charge is 0.347 e. The molecule has 0 aliphatic carbocycles. The molecule has 1 aromatic carbocycles. The summed E-state index contributed by atoms with van der Waals surface area (Å²) in [7, 11) is -3.86. The average Bonchev–Trinajstić information content (AvgIpc) is 2.92. The van der Waals surface area contributed by atoms with Gasteiger partial charge in [-0.3, -0.25) is 10.1 Å². The molecule has 0 saturated heterocycles. The number of aryl methyl sites for hydroxylation is 1. The number of imidazole rings is 1. The van der Waals surface area contributed by atoms with Crippen LogP contribution in [0.3, 0.4) is 0 Å². The van der Waals surface area contributed by atoms with Crippen molar-refractivity contribution in [3.05, 3.63) is 51.6 Å². The van der Waals surface area contributed by atoms with Gasteiger partial charge >= 0.3 is 0 Å².